The van der Waals surface area contributed by atoms with Crippen molar-refractivity contribution < 1.29 is 21.9 Å². The summed E-state index contributed by atoms with van der Waals surface area (Å²) in [6, 6.07) is 5.54. The Labute approximate surface area is 129 Å². The molecule has 22 heavy (non-hydrogen) atoms. The number of rotatable bonds is 7. The quantitative estimate of drug-likeness (QED) is 0.825. The van der Waals surface area contributed by atoms with Crippen LogP contribution in [0.2, 0.25) is 0 Å². The van der Waals surface area contributed by atoms with Gasteiger partial charge < -0.3 is 10.1 Å². The lowest BCUT2D eigenvalue weighted by Crippen LogP contribution is -2.40. The summed E-state index contributed by atoms with van der Waals surface area (Å²) in [6.07, 6.45) is -0.896. The third-order valence-corrected chi connectivity index (χ3v) is 5.54. The van der Waals surface area contributed by atoms with Crippen molar-refractivity contribution in [3.05, 3.63) is 24.3 Å². The van der Waals surface area contributed by atoms with Crippen molar-refractivity contribution in [2.75, 3.05) is 26.7 Å². The van der Waals surface area contributed by atoms with E-state index in [2.05, 4.69) is 5.32 Å². The minimum absolute atomic E-state index is 0.0511. The minimum atomic E-state index is -3.57. The third kappa shape index (κ3) is 3.93. The fourth-order valence-electron chi connectivity index (χ4n) is 2.57. The zero-order valence-corrected chi connectivity index (χ0v) is 13.2. The first kappa shape index (κ1) is 17.1. The summed E-state index contributed by atoms with van der Waals surface area (Å²) in [5, 5.41) is 3.00. The van der Waals surface area contributed by atoms with E-state index in [9.17, 15) is 17.2 Å². The summed E-state index contributed by atoms with van der Waals surface area (Å²) in [5.41, 5.74) is 0. The van der Waals surface area contributed by atoms with Crippen LogP contribution in [0, 0.1) is 0 Å². The SMILES string of the molecule is CNCC1CCCN1S(=O)(=O)c1ccc(OCC(F)F)cc1. The molecule has 1 N–H and O–H groups in total. The number of likely N-dealkylation sites (N-methyl/N-ethyl adjacent to an activating group) is 1. The standard InChI is InChI=1S/C14H20F2N2O3S/c1-17-9-11-3-2-8-18(11)22(19,20)13-6-4-12(5-7-13)21-10-14(15)16/h4-7,11,14,17H,2-3,8-10H2,1H3. The molecule has 1 saturated heterocycles. The molecule has 1 aliphatic rings. The molecule has 0 bridgehead atoms. The van der Waals surface area contributed by atoms with Gasteiger partial charge in [-0.15, -0.1) is 0 Å². The van der Waals surface area contributed by atoms with E-state index < -0.39 is 23.1 Å². The Morgan fingerprint density at radius 3 is 2.64 bits per heavy atom. The fourth-order valence-corrected chi connectivity index (χ4v) is 4.26. The molecule has 1 aromatic carbocycles. The van der Waals surface area contributed by atoms with Gasteiger partial charge in [0, 0.05) is 19.1 Å². The summed E-state index contributed by atoms with van der Waals surface area (Å²) in [5.74, 6) is 0.229. The summed E-state index contributed by atoms with van der Waals surface area (Å²) >= 11 is 0. The van der Waals surface area contributed by atoms with Crippen molar-refractivity contribution in [1.82, 2.24) is 9.62 Å². The van der Waals surface area contributed by atoms with Gasteiger partial charge in [-0.3, -0.25) is 0 Å². The van der Waals surface area contributed by atoms with Gasteiger partial charge in [-0.1, -0.05) is 0 Å². The molecule has 0 radical (unpaired) electrons. The van der Waals surface area contributed by atoms with Gasteiger partial charge in [0.05, 0.1) is 4.90 Å². The normalized spacial score (nSPS) is 19.7. The van der Waals surface area contributed by atoms with Crippen molar-refractivity contribution in [2.24, 2.45) is 0 Å². The zero-order valence-electron chi connectivity index (χ0n) is 12.3. The lowest BCUT2D eigenvalue weighted by Gasteiger charge is -2.24. The van der Waals surface area contributed by atoms with E-state index in [0.29, 0.717) is 13.1 Å². The summed E-state index contributed by atoms with van der Waals surface area (Å²) < 4.78 is 55.8. The molecule has 1 aromatic rings. The molecule has 124 valence electrons. The lowest BCUT2D eigenvalue weighted by atomic mass is 10.2. The van der Waals surface area contributed by atoms with Crippen LogP contribution in [0.3, 0.4) is 0 Å². The van der Waals surface area contributed by atoms with Crippen LogP contribution in [0.4, 0.5) is 8.78 Å². The van der Waals surface area contributed by atoms with E-state index in [1.165, 1.54) is 28.6 Å². The van der Waals surface area contributed by atoms with Crippen molar-refractivity contribution in [3.63, 3.8) is 0 Å². The largest absolute Gasteiger partial charge is 0.488 e. The smallest absolute Gasteiger partial charge is 0.272 e. The highest BCUT2D eigenvalue weighted by Gasteiger charge is 2.34. The first-order valence-corrected chi connectivity index (χ1v) is 8.56. The Kier molecular flexibility index (Phi) is 5.71. The summed E-state index contributed by atoms with van der Waals surface area (Å²) in [7, 11) is -1.78. The van der Waals surface area contributed by atoms with Crippen molar-refractivity contribution >= 4 is 10.0 Å². The minimum Gasteiger partial charge on any atom is -0.488 e. The van der Waals surface area contributed by atoms with Crippen LogP contribution in [0.1, 0.15) is 12.8 Å². The molecule has 1 atom stereocenters. The van der Waals surface area contributed by atoms with Gasteiger partial charge in [-0.05, 0) is 44.2 Å². The Morgan fingerprint density at radius 2 is 2.05 bits per heavy atom. The van der Waals surface area contributed by atoms with E-state index in [1.54, 1.807) is 7.05 Å². The van der Waals surface area contributed by atoms with E-state index in [0.717, 1.165) is 12.8 Å². The zero-order chi connectivity index (χ0) is 16.2. The maximum absolute atomic E-state index is 12.6. The summed E-state index contributed by atoms with van der Waals surface area (Å²) in [6.45, 7) is 0.398. The molecule has 1 unspecified atom stereocenters. The molecule has 2 rings (SSSR count). The van der Waals surface area contributed by atoms with Crippen LogP contribution in [0.25, 0.3) is 0 Å². The number of sulfonamides is 1. The molecule has 0 spiro atoms. The highest BCUT2D eigenvalue weighted by molar-refractivity contribution is 7.89. The Bertz CT molecular complexity index is 578. The van der Waals surface area contributed by atoms with Gasteiger partial charge in [0.15, 0.2) is 0 Å². The van der Waals surface area contributed by atoms with Crippen molar-refractivity contribution in [2.45, 2.75) is 30.2 Å². The fraction of sp³-hybridized carbons (Fsp3) is 0.571. The number of halogens is 2. The molecule has 1 aliphatic heterocycles. The van der Waals surface area contributed by atoms with Gasteiger partial charge in [0.2, 0.25) is 10.0 Å². The number of nitrogens with one attached hydrogen (secondary N) is 1. The molecule has 0 saturated carbocycles. The van der Waals surface area contributed by atoms with Gasteiger partial charge in [0.1, 0.15) is 12.4 Å². The van der Waals surface area contributed by atoms with Gasteiger partial charge >= 0.3 is 0 Å². The van der Waals surface area contributed by atoms with Crippen LogP contribution in [-0.2, 0) is 10.0 Å². The second-order valence-corrected chi connectivity index (χ2v) is 7.03. The Balaban J connectivity index is 2.12. The highest BCUT2D eigenvalue weighted by Crippen LogP contribution is 2.27. The number of alkyl halides is 2. The van der Waals surface area contributed by atoms with Crippen LogP contribution in [-0.4, -0.2) is 51.9 Å². The molecule has 8 heteroatoms. The van der Waals surface area contributed by atoms with Crippen LogP contribution >= 0.6 is 0 Å². The maximum atomic E-state index is 12.6. The predicted octanol–water partition coefficient (Wildman–Crippen LogP) is 1.70. The number of hydrogen-bond donors (Lipinski definition) is 1. The van der Waals surface area contributed by atoms with Crippen molar-refractivity contribution in [3.8, 4) is 5.75 Å². The average Bonchev–Trinajstić information content (AvgIpc) is 2.95. The molecular weight excluding hydrogens is 314 g/mol. The number of benzene rings is 1. The van der Waals surface area contributed by atoms with E-state index >= 15 is 0 Å². The van der Waals surface area contributed by atoms with Crippen LogP contribution in [0.5, 0.6) is 5.75 Å². The van der Waals surface area contributed by atoms with Crippen LogP contribution in [0.15, 0.2) is 29.2 Å². The summed E-state index contributed by atoms with van der Waals surface area (Å²) in [4.78, 5) is 0.153. The van der Waals surface area contributed by atoms with E-state index in [-0.39, 0.29) is 16.7 Å². The highest BCUT2D eigenvalue weighted by atomic mass is 32.2. The average molecular weight is 334 g/mol. The second-order valence-electron chi connectivity index (χ2n) is 5.14. The van der Waals surface area contributed by atoms with E-state index in [4.69, 9.17) is 4.74 Å². The first-order valence-electron chi connectivity index (χ1n) is 7.12. The third-order valence-electron chi connectivity index (χ3n) is 3.57. The molecule has 5 nitrogen and oxygen atoms in total. The lowest BCUT2D eigenvalue weighted by molar-refractivity contribution is 0.0819. The second kappa shape index (κ2) is 7.34. The van der Waals surface area contributed by atoms with Crippen LogP contribution < -0.4 is 10.1 Å². The number of hydrogen-bond acceptors (Lipinski definition) is 4. The Hall–Kier alpha value is -1.25. The molecule has 1 heterocycles. The molecular formula is C14H20F2N2O3S. The molecule has 1 fully saturated rings. The predicted molar refractivity (Wildman–Crippen MR) is 78.8 cm³/mol. The first-order chi connectivity index (χ1) is 10.4. The topological polar surface area (TPSA) is 58.6 Å². The Morgan fingerprint density at radius 1 is 1.36 bits per heavy atom. The van der Waals surface area contributed by atoms with Gasteiger partial charge in [-0.2, -0.15) is 4.31 Å². The maximum Gasteiger partial charge on any atom is 0.272 e. The number of ether oxygens (including phenoxy) is 1. The van der Waals surface area contributed by atoms with Crippen molar-refractivity contribution in [1.29, 1.82) is 0 Å². The monoisotopic (exact) mass is 334 g/mol. The number of nitrogens with zero attached hydrogens (tertiary/aromatic N) is 1. The van der Waals surface area contributed by atoms with Gasteiger partial charge in [-0.25, -0.2) is 17.2 Å². The van der Waals surface area contributed by atoms with Gasteiger partial charge in [0.25, 0.3) is 6.43 Å². The molecule has 0 aromatic heterocycles. The van der Waals surface area contributed by atoms with E-state index in [1.807, 2.05) is 0 Å². The molecule has 0 amide bonds. The molecule has 0 aliphatic carbocycles.